The van der Waals surface area contributed by atoms with Crippen LogP contribution in [0.5, 0.6) is 0 Å². The summed E-state index contributed by atoms with van der Waals surface area (Å²) in [6.45, 7) is 1.87. The van der Waals surface area contributed by atoms with Crippen molar-refractivity contribution in [3.8, 4) is 0 Å². The van der Waals surface area contributed by atoms with E-state index in [0.29, 0.717) is 11.2 Å². The molecule has 0 aliphatic carbocycles. The van der Waals surface area contributed by atoms with Gasteiger partial charge in [-0.25, -0.2) is 4.98 Å². The second-order valence-electron chi connectivity index (χ2n) is 2.90. The lowest BCUT2D eigenvalue weighted by molar-refractivity contribution is 0.100. The topological polar surface area (TPSA) is 60.4 Å². The Bertz CT molecular complexity index is 473. The summed E-state index contributed by atoms with van der Waals surface area (Å²) in [5.41, 5.74) is 7.14. The van der Waals surface area contributed by atoms with Crippen molar-refractivity contribution in [2.75, 3.05) is 0 Å². The summed E-state index contributed by atoms with van der Waals surface area (Å²) in [5.74, 6) is -0.448. The number of fused-ring (bicyclic) bond motifs is 1. The molecule has 0 saturated heterocycles. The average molecular weight is 175 g/mol. The molecule has 2 N–H and O–H groups in total. The molecule has 0 atom stereocenters. The minimum Gasteiger partial charge on any atom is -0.365 e. The maximum atomic E-state index is 11.0. The molecular formula is C9H9N3O. The van der Waals surface area contributed by atoms with Crippen molar-refractivity contribution < 1.29 is 4.79 Å². The van der Waals surface area contributed by atoms with Gasteiger partial charge in [-0.05, 0) is 19.1 Å². The van der Waals surface area contributed by atoms with E-state index in [1.165, 1.54) is 0 Å². The summed E-state index contributed by atoms with van der Waals surface area (Å²) < 4.78 is 1.79. The van der Waals surface area contributed by atoms with Crippen molar-refractivity contribution in [1.29, 1.82) is 0 Å². The number of imidazole rings is 1. The van der Waals surface area contributed by atoms with E-state index in [-0.39, 0.29) is 0 Å². The summed E-state index contributed by atoms with van der Waals surface area (Å²) in [7, 11) is 0. The van der Waals surface area contributed by atoms with E-state index in [9.17, 15) is 4.79 Å². The van der Waals surface area contributed by atoms with Gasteiger partial charge in [0.1, 0.15) is 5.65 Å². The van der Waals surface area contributed by atoms with Gasteiger partial charge in [-0.15, -0.1) is 0 Å². The van der Waals surface area contributed by atoms with Gasteiger partial charge in [0.15, 0.2) is 0 Å². The van der Waals surface area contributed by atoms with Crippen LogP contribution in [0.4, 0.5) is 0 Å². The van der Waals surface area contributed by atoms with Crippen LogP contribution in [0.3, 0.4) is 0 Å². The summed E-state index contributed by atoms with van der Waals surface area (Å²) in [4.78, 5) is 15.2. The summed E-state index contributed by atoms with van der Waals surface area (Å²) in [6.07, 6.45) is 3.68. The van der Waals surface area contributed by atoms with Crippen molar-refractivity contribution in [2.24, 2.45) is 5.73 Å². The van der Waals surface area contributed by atoms with Gasteiger partial charge in [-0.1, -0.05) is 0 Å². The standard InChI is InChI=1S/C9H9N3O/c1-6-5-12-4-2-3-7(8(10)13)9(12)11-6/h2-5H,1H3,(H2,10,13). The highest BCUT2D eigenvalue weighted by Crippen LogP contribution is 2.09. The molecule has 0 bridgehead atoms. The van der Waals surface area contributed by atoms with Crippen LogP contribution in [0.15, 0.2) is 24.5 Å². The summed E-state index contributed by atoms with van der Waals surface area (Å²) in [6, 6.07) is 3.44. The number of nitrogens with two attached hydrogens (primary N) is 1. The van der Waals surface area contributed by atoms with Crippen LogP contribution >= 0.6 is 0 Å². The third-order valence-corrected chi connectivity index (χ3v) is 1.87. The molecule has 0 aliphatic rings. The minimum absolute atomic E-state index is 0.448. The smallest absolute Gasteiger partial charge is 0.252 e. The molecule has 0 unspecified atom stereocenters. The van der Waals surface area contributed by atoms with E-state index >= 15 is 0 Å². The molecule has 0 aliphatic heterocycles. The molecule has 0 aromatic carbocycles. The third-order valence-electron chi connectivity index (χ3n) is 1.87. The Kier molecular flexibility index (Phi) is 1.55. The molecule has 4 nitrogen and oxygen atoms in total. The second kappa shape index (κ2) is 2.58. The number of nitrogens with zero attached hydrogens (tertiary/aromatic N) is 2. The monoisotopic (exact) mass is 175 g/mol. The normalized spacial score (nSPS) is 10.5. The number of hydrogen-bond donors (Lipinski definition) is 1. The molecular weight excluding hydrogens is 166 g/mol. The molecule has 1 amide bonds. The highest BCUT2D eigenvalue weighted by Gasteiger charge is 2.07. The van der Waals surface area contributed by atoms with Crippen LogP contribution in [0, 0.1) is 6.92 Å². The zero-order chi connectivity index (χ0) is 9.42. The van der Waals surface area contributed by atoms with Crippen LogP contribution in [0.1, 0.15) is 16.1 Å². The highest BCUT2D eigenvalue weighted by molar-refractivity contribution is 5.98. The molecule has 0 radical (unpaired) electrons. The fourth-order valence-electron chi connectivity index (χ4n) is 1.33. The fraction of sp³-hybridized carbons (Fsp3) is 0.111. The Morgan fingerprint density at radius 1 is 1.62 bits per heavy atom. The Morgan fingerprint density at radius 3 is 3.08 bits per heavy atom. The number of pyridine rings is 1. The lowest BCUT2D eigenvalue weighted by Crippen LogP contribution is -2.12. The molecule has 2 heterocycles. The molecule has 2 aromatic rings. The van der Waals surface area contributed by atoms with Gasteiger partial charge in [0.05, 0.1) is 11.3 Å². The van der Waals surface area contributed by atoms with Gasteiger partial charge in [-0.3, -0.25) is 4.79 Å². The Labute approximate surface area is 75.0 Å². The van der Waals surface area contributed by atoms with Gasteiger partial charge in [-0.2, -0.15) is 0 Å². The molecule has 0 spiro atoms. The summed E-state index contributed by atoms with van der Waals surface area (Å²) >= 11 is 0. The second-order valence-corrected chi connectivity index (χ2v) is 2.90. The fourth-order valence-corrected chi connectivity index (χ4v) is 1.33. The maximum Gasteiger partial charge on any atom is 0.252 e. The number of carbonyl (C=O) groups excluding carboxylic acids is 1. The van der Waals surface area contributed by atoms with Gasteiger partial charge in [0.25, 0.3) is 5.91 Å². The van der Waals surface area contributed by atoms with Crippen LogP contribution < -0.4 is 5.73 Å². The number of aryl methyl sites for hydroxylation is 1. The van der Waals surface area contributed by atoms with Crippen LogP contribution in [-0.4, -0.2) is 15.3 Å². The van der Waals surface area contributed by atoms with E-state index in [4.69, 9.17) is 5.73 Å². The lowest BCUT2D eigenvalue weighted by Gasteiger charge is -1.97. The van der Waals surface area contributed by atoms with Gasteiger partial charge >= 0.3 is 0 Å². The highest BCUT2D eigenvalue weighted by atomic mass is 16.1. The first kappa shape index (κ1) is 7.79. The third kappa shape index (κ3) is 1.16. The zero-order valence-electron chi connectivity index (χ0n) is 7.19. The number of aromatic nitrogens is 2. The minimum atomic E-state index is -0.448. The Balaban J connectivity index is 2.82. The van der Waals surface area contributed by atoms with E-state index in [0.717, 1.165) is 5.69 Å². The SMILES string of the molecule is Cc1cn2cccc(C(N)=O)c2n1. The van der Waals surface area contributed by atoms with Gasteiger partial charge < -0.3 is 10.1 Å². The largest absolute Gasteiger partial charge is 0.365 e. The molecule has 0 fully saturated rings. The van der Waals surface area contributed by atoms with E-state index in [1.54, 1.807) is 16.5 Å². The van der Waals surface area contributed by atoms with Crippen molar-refractivity contribution in [2.45, 2.75) is 6.92 Å². The Morgan fingerprint density at radius 2 is 2.38 bits per heavy atom. The predicted molar refractivity (Wildman–Crippen MR) is 48.4 cm³/mol. The van der Waals surface area contributed by atoms with Crippen LogP contribution in [0.2, 0.25) is 0 Å². The number of primary amides is 1. The number of rotatable bonds is 1. The Hall–Kier alpha value is -1.84. The zero-order valence-corrected chi connectivity index (χ0v) is 7.19. The first-order valence-corrected chi connectivity index (χ1v) is 3.92. The van der Waals surface area contributed by atoms with Crippen molar-refractivity contribution in [1.82, 2.24) is 9.38 Å². The van der Waals surface area contributed by atoms with Crippen molar-refractivity contribution >= 4 is 11.6 Å². The number of carbonyl (C=O) groups is 1. The van der Waals surface area contributed by atoms with Gasteiger partial charge in [0.2, 0.25) is 0 Å². The molecule has 2 rings (SSSR count). The molecule has 66 valence electrons. The molecule has 2 aromatic heterocycles. The summed E-state index contributed by atoms with van der Waals surface area (Å²) in [5, 5.41) is 0. The number of amides is 1. The van der Waals surface area contributed by atoms with Crippen LogP contribution in [-0.2, 0) is 0 Å². The van der Waals surface area contributed by atoms with E-state index < -0.39 is 5.91 Å². The van der Waals surface area contributed by atoms with Crippen molar-refractivity contribution in [3.05, 3.63) is 35.8 Å². The quantitative estimate of drug-likeness (QED) is 0.694. The van der Waals surface area contributed by atoms with Crippen LogP contribution in [0.25, 0.3) is 5.65 Å². The average Bonchev–Trinajstić information content (AvgIpc) is 2.43. The first-order chi connectivity index (χ1) is 6.18. The molecule has 0 saturated carbocycles. The predicted octanol–water partition coefficient (Wildman–Crippen LogP) is 0.742. The number of hydrogen-bond acceptors (Lipinski definition) is 2. The maximum absolute atomic E-state index is 11.0. The lowest BCUT2D eigenvalue weighted by atomic mass is 10.2. The molecule has 13 heavy (non-hydrogen) atoms. The van der Waals surface area contributed by atoms with Gasteiger partial charge in [0, 0.05) is 12.4 Å². The van der Waals surface area contributed by atoms with E-state index in [2.05, 4.69) is 4.98 Å². The van der Waals surface area contributed by atoms with Crippen molar-refractivity contribution in [3.63, 3.8) is 0 Å². The molecule has 4 heteroatoms. The van der Waals surface area contributed by atoms with E-state index in [1.807, 2.05) is 19.3 Å². The first-order valence-electron chi connectivity index (χ1n) is 3.92.